The van der Waals surface area contributed by atoms with Gasteiger partial charge < -0.3 is 9.47 Å². The van der Waals surface area contributed by atoms with Crippen LogP contribution in [-0.4, -0.2) is 14.2 Å². The van der Waals surface area contributed by atoms with Gasteiger partial charge in [0.05, 0.1) is 24.3 Å². The van der Waals surface area contributed by atoms with Crippen molar-refractivity contribution in [3.63, 3.8) is 0 Å². The predicted molar refractivity (Wildman–Crippen MR) is 67.6 cm³/mol. The molecule has 1 aromatic rings. The highest BCUT2D eigenvalue weighted by molar-refractivity contribution is 9.11. The monoisotopic (exact) mass is 328 g/mol. The van der Waals surface area contributed by atoms with Gasteiger partial charge in [-0.05, 0) is 22.0 Å². The molecule has 0 fully saturated rings. The average molecular weight is 330 g/mol. The molecule has 0 heterocycles. The Balaban J connectivity index is 3.49. The van der Waals surface area contributed by atoms with Crippen LogP contribution in [0.3, 0.4) is 0 Å². The minimum Gasteiger partial charge on any atom is -0.495 e. The molecule has 0 radical (unpaired) electrons. The molecule has 0 spiro atoms. The van der Waals surface area contributed by atoms with Crippen LogP contribution in [0.4, 0.5) is 4.39 Å². The number of hydrogen-bond acceptors (Lipinski definition) is 2. The Labute approximate surface area is 111 Å². The summed E-state index contributed by atoms with van der Waals surface area (Å²) in [6.45, 7) is 0. The minimum atomic E-state index is -0.591. The second kappa shape index (κ2) is 5.75. The van der Waals surface area contributed by atoms with Gasteiger partial charge in [-0.1, -0.05) is 23.2 Å². The normalized spacial score (nSPS) is 11.5. The summed E-state index contributed by atoms with van der Waals surface area (Å²) in [7, 11) is 2.90. The lowest BCUT2D eigenvalue weighted by Crippen LogP contribution is -1.92. The van der Waals surface area contributed by atoms with Crippen molar-refractivity contribution in [1.82, 2.24) is 0 Å². The van der Waals surface area contributed by atoms with Crippen molar-refractivity contribution in [2.75, 3.05) is 14.2 Å². The summed E-state index contributed by atoms with van der Waals surface area (Å²) < 4.78 is 22.3. The van der Waals surface area contributed by atoms with Crippen LogP contribution < -0.4 is 9.47 Å². The summed E-state index contributed by atoms with van der Waals surface area (Å²) >= 11 is 14.6. The molecule has 0 bridgehead atoms. The van der Waals surface area contributed by atoms with Crippen molar-refractivity contribution in [1.29, 1.82) is 0 Å². The van der Waals surface area contributed by atoms with Crippen molar-refractivity contribution in [2.24, 2.45) is 0 Å². The minimum absolute atomic E-state index is 0.225. The number of rotatable bonds is 3. The van der Waals surface area contributed by atoms with Crippen molar-refractivity contribution < 1.29 is 13.9 Å². The first-order valence-corrected chi connectivity index (χ1v) is 5.68. The van der Waals surface area contributed by atoms with Gasteiger partial charge in [0.1, 0.15) is 11.5 Å². The summed E-state index contributed by atoms with van der Waals surface area (Å²) in [5.74, 6) is 0.728. The maximum absolute atomic E-state index is 12.8. The van der Waals surface area contributed by atoms with E-state index in [1.54, 1.807) is 0 Å². The van der Waals surface area contributed by atoms with Crippen molar-refractivity contribution in [3.05, 3.63) is 26.4 Å². The average Bonchev–Trinajstić information content (AvgIpc) is 2.24. The molecule has 0 N–H and O–H groups in total. The van der Waals surface area contributed by atoms with E-state index in [1.807, 2.05) is 0 Å². The van der Waals surface area contributed by atoms with Crippen molar-refractivity contribution in [2.45, 2.75) is 0 Å². The van der Waals surface area contributed by atoms with E-state index >= 15 is 0 Å². The van der Waals surface area contributed by atoms with E-state index in [0.717, 1.165) is 6.08 Å². The fourth-order valence-corrected chi connectivity index (χ4v) is 1.98. The highest BCUT2D eigenvalue weighted by Gasteiger charge is 2.15. The molecule has 0 aliphatic heterocycles. The zero-order chi connectivity index (χ0) is 12.3. The SMILES string of the molecule is COc1cc(OC)c(Cl)c(/C=C(\F)Br)c1Cl. The van der Waals surface area contributed by atoms with Crippen LogP contribution in [0.15, 0.2) is 10.8 Å². The molecule has 0 atom stereocenters. The molecule has 6 heteroatoms. The maximum atomic E-state index is 12.8. The zero-order valence-electron chi connectivity index (χ0n) is 8.48. The molecular weight excluding hydrogens is 322 g/mol. The molecule has 0 amide bonds. The van der Waals surface area contributed by atoms with E-state index in [1.165, 1.54) is 20.3 Å². The zero-order valence-corrected chi connectivity index (χ0v) is 11.6. The molecule has 0 aromatic heterocycles. The molecule has 16 heavy (non-hydrogen) atoms. The third-order valence-corrected chi connectivity index (χ3v) is 2.87. The van der Waals surface area contributed by atoms with Crippen LogP contribution in [0.1, 0.15) is 5.56 Å². The van der Waals surface area contributed by atoms with E-state index < -0.39 is 4.74 Å². The predicted octanol–water partition coefficient (Wildman–Crippen LogP) is 4.67. The third kappa shape index (κ3) is 2.81. The number of methoxy groups -OCH3 is 2. The van der Waals surface area contributed by atoms with Crippen LogP contribution in [0.2, 0.25) is 10.0 Å². The quantitative estimate of drug-likeness (QED) is 0.802. The van der Waals surface area contributed by atoms with Gasteiger partial charge in [0.15, 0.2) is 4.74 Å². The van der Waals surface area contributed by atoms with Crippen LogP contribution in [0.5, 0.6) is 11.5 Å². The maximum Gasteiger partial charge on any atom is 0.166 e. The smallest absolute Gasteiger partial charge is 0.166 e. The van der Waals surface area contributed by atoms with Gasteiger partial charge in [0, 0.05) is 11.6 Å². The van der Waals surface area contributed by atoms with Gasteiger partial charge in [0.2, 0.25) is 0 Å². The first-order chi connectivity index (χ1) is 7.51. The Hall–Kier alpha value is -0.450. The number of halogens is 4. The molecule has 1 aromatic carbocycles. The van der Waals surface area contributed by atoms with E-state index in [0.29, 0.717) is 17.1 Å². The van der Waals surface area contributed by atoms with Gasteiger partial charge >= 0.3 is 0 Å². The fourth-order valence-electron chi connectivity index (χ4n) is 1.14. The summed E-state index contributed by atoms with van der Waals surface area (Å²) in [6.07, 6.45) is 1.15. The van der Waals surface area contributed by atoms with Crippen molar-refractivity contribution >= 4 is 45.2 Å². The van der Waals surface area contributed by atoms with Gasteiger partial charge in [-0.3, -0.25) is 0 Å². The highest BCUT2D eigenvalue weighted by Crippen LogP contribution is 2.41. The van der Waals surface area contributed by atoms with E-state index in [9.17, 15) is 4.39 Å². The molecule has 0 aliphatic carbocycles. The first-order valence-electron chi connectivity index (χ1n) is 4.14. The largest absolute Gasteiger partial charge is 0.495 e. The van der Waals surface area contributed by atoms with Crippen LogP contribution in [0.25, 0.3) is 6.08 Å². The highest BCUT2D eigenvalue weighted by atomic mass is 79.9. The fraction of sp³-hybridized carbons (Fsp3) is 0.200. The summed E-state index contributed by atoms with van der Waals surface area (Å²) in [5, 5.41) is 0.450. The summed E-state index contributed by atoms with van der Waals surface area (Å²) in [4.78, 5) is 0. The molecule has 2 nitrogen and oxygen atoms in total. The second-order valence-corrected chi connectivity index (χ2v) is 4.27. The Bertz CT molecular complexity index is 403. The third-order valence-electron chi connectivity index (χ3n) is 1.86. The lowest BCUT2D eigenvalue weighted by atomic mass is 10.2. The Kier molecular flexibility index (Phi) is 4.89. The Morgan fingerprint density at radius 3 is 2.00 bits per heavy atom. The van der Waals surface area contributed by atoms with Gasteiger partial charge in [-0.25, -0.2) is 0 Å². The van der Waals surface area contributed by atoms with Gasteiger partial charge in [0.25, 0.3) is 0 Å². The molecule has 1 rings (SSSR count). The lowest BCUT2D eigenvalue weighted by Gasteiger charge is -2.11. The van der Waals surface area contributed by atoms with Crippen LogP contribution >= 0.6 is 39.1 Å². The van der Waals surface area contributed by atoms with Gasteiger partial charge in [-0.2, -0.15) is 4.39 Å². The summed E-state index contributed by atoms with van der Waals surface area (Å²) in [6, 6.07) is 1.54. The number of benzene rings is 1. The topological polar surface area (TPSA) is 18.5 Å². The number of ether oxygens (including phenoxy) is 2. The first kappa shape index (κ1) is 13.6. The molecule has 0 saturated carbocycles. The molecule has 0 unspecified atom stereocenters. The standard InChI is InChI=1S/C10H8BrCl2FO2/c1-15-6-4-7(16-2)10(13)5(9(6)12)3-8(11)14/h3-4H,1-2H3/b8-3-. The van der Waals surface area contributed by atoms with E-state index in [-0.39, 0.29) is 10.0 Å². The molecule has 0 aliphatic rings. The Morgan fingerprint density at radius 1 is 1.25 bits per heavy atom. The molecular formula is C10H8BrCl2FO2. The molecule has 0 saturated heterocycles. The van der Waals surface area contributed by atoms with Crippen LogP contribution in [0, 0.1) is 0 Å². The Morgan fingerprint density at radius 2 is 1.69 bits per heavy atom. The number of hydrogen-bond donors (Lipinski definition) is 0. The second-order valence-electron chi connectivity index (χ2n) is 2.76. The van der Waals surface area contributed by atoms with E-state index in [4.69, 9.17) is 32.7 Å². The molecule has 88 valence electrons. The van der Waals surface area contributed by atoms with Crippen LogP contribution in [-0.2, 0) is 0 Å². The lowest BCUT2D eigenvalue weighted by molar-refractivity contribution is 0.394. The van der Waals surface area contributed by atoms with E-state index in [2.05, 4.69) is 15.9 Å². The summed E-state index contributed by atoms with van der Waals surface area (Å²) in [5.41, 5.74) is 0.300. The van der Waals surface area contributed by atoms with Gasteiger partial charge in [-0.15, -0.1) is 0 Å². The van der Waals surface area contributed by atoms with Crippen molar-refractivity contribution in [3.8, 4) is 11.5 Å².